The molecule has 0 fully saturated rings. The zero-order valence-corrected chi connectivity index (χ0v) is 20.4. The van der Waals surface area contributed by atoms with Crippen LogP contribution in [0.2, 0.25) is 0 Å². The smallest absolute Gasteiger partial charge is 0.308 e. The first-order chi connectivity index (χ1) is 16.5. The van der Waals surface area contributed by atoms with Crippen molar-refractivity contribution in [1.29, 1.82) is 0 Å². The summed E-state index contributed by atoms with van der Waals surface area (Å²) in [6, 6.07) is 9.48. The van der Waals surface area contributed by atoms with Crippen molar-refractivity contribution >= 4 is 23.9 Å². The zero-order chi connectivity index (χ0) is 26.1. The third kappa shape index (κ3) is 7.73. The molecule has 2 atom stereocenters. The Bertz CT molecular complexity index is 1090. The van der Waals surface area contributed by atoms with Gasteiger partial charge in [-0.3, -0.25) is 19.2 Å². The molecular formula is C25H28O10. The molecule has 0 aromatic heterocycles. The van der Waals surface area contributed by atoms with Gasteiger partial charge < -0.3 is 28.4 Å². The molecule has 0 spiro atoms. The molecule has 0 aliphatic rings. The molecule has 0 aliphatic carbocycles. The first-order valence-corrected chi connectivity index (χ1v) is 10.6. The highest BCUT2D eigenvalue weighted by Gasteiger charge is 2.31. The fourth-order valence-electron chi connectivity index (χ4n) is 3.38. The van der Waals surface area contributed by atoms with Gasteiger partial charge in [-0.05, 0) is 35.4 Å². The molecule has 0 amide bonds. The van der Waals surface area contributed by atoms with Crippen LogP contribution in [0.5, 0.6) is 23.0 Å². The number of methoxy groups -OCH3 is 2. The van der Waals surface area contributed by atoms with Gasteiger partial charge in [0.25, 0.3) is 0 Å². The summed E-state index contributed by atoms with van der Waals surface area (Å²) in [6.45, 7) is 4.90. The Balaban J connectivity index is 2.61. The molecule has 35 heavy (non-hydrogen) atoms. The van der Waals surface area contributed by atoms with Crippen LogP contribution in [-0.2, 0) is 28.7 Å². The highest BCUT2D eigenvalue weighted by atomic mass is 16.6. The minimum Gasteiger partial charge on any atom is -0.493 e. The fraction of sp³-hybridized carbons (Fsp3) is 0.360. The molecule has 0 heterocycles. The molecule has 2 aromatic rings. The van der Waals surface area contributed by atoms with Crippen molar-refractivity contribution in [1.82, 2.24) is 0 Å². The van der Waals surface area contributed by atoms with E-state index in [2.05, 4.69) is 0 Å². The standard InChI is InChI=1S/C25H28O10/c1-14(26)32-13-20(18-7-9-21(33-15(2)27)23(11-18)30-5)25(35-17(4)29)19-8-10-22(34-16(3)28)24(12-19)31-6/h7-12,20,25H,13H2,1-6H3/t20-,25+/m0/s1. The van der Waals surface area contributed by atoms with Gasteiger partial charge in [-0.25, -0.2) is 0 Å². The van der Waals surface area contributed by atoms with E-state index < -0.39 is 35.9 Å². The first kappa shape index (κ1) is 27.2. The van der Waals surface area contributed by atoms with Crippen LogP contribution in [0.15, 0.2) is 36.4 Å². The summed E-state index contributed by atoms with van der Waals surface area (Å²) in [5.41, 5.74) is 1.07. The van der Waals surface area contributed by atoms with E-state index in [9.17, 15) is 19.2 Å². The molecule has 0 saturated heterocycles. The Hall–Kier alpha value is -4.08. The van der Waals surface area contributed by atoms with Crippen LogP contribution in [0, 0.1) is 0 Å². The summed E-state index contributed by atoms with van der Waals surface area (Å²) in [5.74, 6) is -1.95. The van der Waals surface area contributed by atoms with Crippen molar-refractivity contribution in [3.63, 3.8) is 0 Å². The van der Waals surface area contributed by atoms with Gasteiger partial charge in [0.2, 0.25) is 0 Å². The third-order valence-electron chi connectivity index (χ3n) is 4.76. The Morgan fingerprint density at radius 1 is 0.657 bits per heavy atom. The van der Waals surface area contributed by atoms with Gasteiger partial charge in [0, 0.05) is 27.7 Å². The normalized spacial score (nSPS) is 12.1. The van der Waals surface area contributed by atoms with Gasteiger partial charge in [-0.1, -0.05) is 12.1 Å². The molecule has 0 bridgehead atoms. The predicted octanol–water partition coefficient (Wildman–Crippen LogP) is 3.51. The van der Waals surface area contributed by atoms with Crippen LogP contribution in [0.1, 0.15) is 50.8 Å². The maximum Gasteiger partial charge on any atom is 0.308 e. The van der Waals surface area contributed by atoms with Gasteiger partial charge in [0.05, 0.1) is 20.1 Å². The number of hydrogen-bond acceptors (Lipinski definition) is 10. The highest BCUT2D eigenvalue weighted by Crippen LogP contribution is 2.41. The van der Waals surface area contributed by atoms with E-state index in [0.717, 1.165) is 0 Å². The van der Waals surface area contributed by atoms with Crippen molar-refractivity contribution in [2.75, 3.05) is 20.8 Å². The van der Waals surface area contributed by atoms with Crippen LogP contribution in [0.4, 0.5) is 0 Å². The second-order valence-corrected chi connectivity index (χ2v) is 7.45. The lowest BCUT2D eigenvalue weighted by Gasteiger charge is -2.28. The maximum absolute atomic E-state index is 12.1. The molecule has 2 rings (SSSR count). The summed E-state index contributed by atoms with van der Waals surface area (Å²) < 4.78 is 32.0. The van der Waals surface area contributed by atoms with E-state index >= 15 is 0 Å². The molecule has 0 unspecified atom stereocenters. The lowest BCUT2D eigenvalue weighted by atomic mass is 9.89. The number of hydrogen-bond donors (Lipinski definition) is 0. The number of carbonyl (C=O) groups is 4. The minimum absolute atomic E-state index is 0.142. The van der Waals surface area contributed by atoms with Gasteiger partial charge in [-0.15, -0.1) is 0 Å². The van der Waals surface area contributed by atoms with Gasteiger partial charge in [0.1, 0.15) is 12.7 Å². The fourth-order valence-corrected chi connectivity index (χ4v) is 3.38. The van der Waals surface area contributed by atoms with E-state index in [0.29, 0.717) is 11.1 Å². The quantitative estimate of drug-likeness (QED) is 0.362. The Morgan fingerprint density at radius 2 is 1.14 bits per heavy atom. The number of carbonyl (C=O) groups excluding carboxylic acids is 4. The van der Waals surface area contributed by atoms with Crippen LogP contribution in [-0.4, -0.2) is 44.7 Å². The summed E-state index contributed by atoms with van der Waals surface area (Å²) in [5, 5.41) is 0. The van der Waals surface area contributed by atoms with Crippen LogP contribution >= 0.6 is 0 Å². The second kappa shape index (κ2) is 12.4. The topological polar surface area (TPSA) is 124 Å². The van der Waals surface area contributed by atoms with Gasteiger partial charge >= 0.3 is 23.9 Å². The second-order valence-electron chi connectivity index (χ2n) is 7.45. The number of benzene rings is 2. The molecule has 188 valence electrons. The molecule has 2 aromatic carbocycles. The Kier molecular flexibility index (Phi) is 9.63. The van der Waals surface area contributed by atoms with Crippen LogP contribution in [0.3, 0.4) is 0 Å². The zero-order valence-electron chi connectivity index (χ0n) is 20.4. The Labute approximate surface area is 203 Å². The molecule has 0 saturated carbocycles. The maximum atomic E-state index is 12.1. The van der Waals surface area contributed by atoms with E-state index in [-0.39, 0.29) is 29.6 Å². The summed E-state index contributed by atoms with van der Waals surface area (Å²) in [7, 11) is 2.82. The van der Waals surface area contributed by atoms with Crippen LogP contribution in [0.25, 0.3) is 0 Å². The van der Waals surface area contributed by atoms with Gasteiger partial charge in [0.15, 0.2) is 23.0 Å². The SMILES string of the molecule is COc1cc([C@@H](OC(C)=O)[C@@H](COC(C)=O)c2ccc(OC(C)=O)c(OC)c2)ccc1OC(C)=O. The van der Waals surface area contributed by atoms with Crippen molar-refractivity contribution < 1.29 is 47.6 Å². The molecular weight excluding hydrogens is 460 g/mol. The first-order valence-electron chi connectivity index (χ1n) is 10.6. The van der Waals surface area contributed by atoms with E-state index in [4.69, 9.17) is 28.4 Å². The van der Waals surface area contributed by atoms with Crippen molar-refractivity contribution in [3.05, 3.63) is 47.5 Å². The Morgan fingerprint density at radius 3 is 1.57 bits per heavy atom. The highest BCUT2D eigenvalue weighted by molar-refractivity contribution is 5.71. The van der Waals surface area contributed by atoms with E-state index in [1.54, 1.807) is 24.3 Å². The number of rotatable bonds is 10. The largest absolute Gasteiger partial charge is 0.493 e. The van der Waals surface area contributed by atoms with Crippen molar-refractivity contribution in [2.45, 2.75) is 39.7 Å². The summed E-state index contributed by atoms with van der Waals surface area (Å²) in [4.78, 5) is 46.5. The van der Waals surface area contributed by atoms with Crippen molar-refractivity contribution in [3.8, 4) is 23.0 Å². The van der Waals surface area contributed by atoms with E-state index in [1.165, 1.54) is 54.0 Å². The van der Waals surface area contributed by atoms with Gasteiger partial charge in [-0.2, -0.15) is 0 Å². The molecule has 10 nitrogen and oxygen atoms in total. The molecule has 0 aliphatic heterocycles. The monoisotopic (exact) mass is 488 g/mol. The molecule has 0 N–H and O–H groups in total. The average molecular weight is 488 g/mol. The third-order valence-corrected chi connectivity index (χ3v) is 4.76. The lowest BCUT2D eigenvalue weighted by Crippen LogP contribution is -2.23. The number of esters is 4. The van der Waals surface area contributed by atoms with E-state index in [1.807, 2.05) is 0 Å². The molecule has 10 heteroatoms. The minimum atomic E-state index is -0.934. The number of ether oxygens (including phenoxy) is 6. The van der Waals surface area contributed by atoms with Crippen LogP contribution < -0.4 is 18.9 Å². The van der Waals surface area contributed by atoms with Crippen molar-refractivity contribution in [2.24, 2.45) is 0 Å². The predicted molar refractivity (Wildman–Crippen MR) is 122 cm³/mol. The summed E-state index contributed by atoms with van der Waals surface area (Å²) >= 11 is 0. The lowest BCUT2D eigenvalue weighted by molar-refractivity contribution is -0.150. The average Bonchev–Trinajstić information content (AvgIpc) is 2.78. The molecule has 0 radical (unpaired) electrons. The summed E-state index contributed by atoms with van der Waals surface area (Å²) in [6.07, 6.45) is -0.934.